The number of carbonyl (C=O) groups excluding carboxylic acids is 2. The third-order valence-corrected chi connectivity index (χ3v) is 5.80. The molecule has 1 amide bonds. The van der Waals surface area contributed by atoms with Crippen LogP contribution in [-0.2, 0) is 18.0 Å². The first-order valence-corrected chi connectivity index (χ1v) is 9.99. The second-order valence-electron chi connectivity index (χ2n) is 7.66. The number of halogens is 4. The van der Waals surface area contributed by atoms with Gasteiger partial charge < -0.3 is 10.0 Å². The lowest BCUT2D eigenvalue weighted by molar-refractivity contribution is -0.137. The number of aromatic nitrogens is 2. The van der Waals surface area contributed by atoms with Gasteiger partial charge in [0, 0.05) is 31.5 Å². The van der Waals surface area contributed by atoms with Gasteiger partial charge in [0.2, 0.25) is 17.6 Å². The Morgan fingerprint density at radius 1 is 1.27 bits per heavy atom. The molecule has 1 aromatic carbocycles. The highest BCUT2D eigenvalue weighted by Gasteiger charge is 2.39. The fraction of sp³-hybridized carbons (Fsp3) is 0.450. The van der Waals surface area contributed by atoms with Crippen LogP contribution in [0.1, 0.15) is 65.2 Å². The van der Waals surface area contributed by atoms with Gasteiger partial charge >= 0.3 is 6.18 Å². The number of piperidine rings is 1. The van der Waals surface area contributed by atoms with Crippen LogP contribution in [0.3, 0.4) is 0 Å². The molecule has 1 saturated heterocycles. The van der Waals surface area contributed by atoms with Crippen molar-refractivity contribution in [2.24, 2.45) is 7.05 Å². The number of rotatable bonds is 4. The summed E-state index contributed by atoms with van der Waals surface area (Å²) in [4.78, 5) is 26.6. The lowest BCUT2D eigenvalue weighted by Gasteiger charge is -2.30. The van der Waals surface area contributed by atoms with Crippen LogP contribution in [0.4, 0.5) is 18.9 Å². The number of carbonyl (C=O) groups is 2. The van der Waals surface area contributed by atoms with Crippen molar-refractivity contribution in [2.75, 3.05) is 11.4 Å². The molecule has 2 aromatic rings. The van der Waals surface area contributed by atoms with Crippen LogP contribution in [-0.4, -0.2) is 33.1 Å². The molecule has 1 N–H and O–H groups in total. The molecule has 1 aromatic heterocycles. The molecule has 10 heteroatoms. The molecule has 2 heterocycles. The minimum atomic E-state index is -4.76. The monoisotopic (exact) mass is 441 g/mol. The number of hydrogen-bond acceptors (Lipinski definition) is 4. The van der Waals surface area contributed by atoms with Crippen LogP contribution in [0.5, 0.6) is 5.88 Å². The summed E-state index contributed by atoms with van der Waals surface area (Å²) in [5.41, 5.74) is -1.32. The summed E-state index contributed by atoms with van der Waals surface area (Å²) in [6.07, 6.45) is -1.84. The van der Waals surface area contributed by atoms with E-state index in [0.29, 0.717) is 24.6 Å². The summed E-state index contributed by atoms with van der Waals surface area (Å²) in [6, 6.07) is 1.69. The number of alkyl halides is 3. The van der Waals surface area contributed by atoms with E-state index in [1.807, 2.05) is 0 Å². The van der Waals surface area contributed by atoms with Crippen LogP contribution in [0, 0.1) is 0 Å². The lowest BCUT2D eigenvalue weighted by Crippen LogP contribution is -2.36. The standard InChI is InChI=1S/C20H19ClF3N3O3/c1-26-19(30)16(17(25-26)10-5-6-10)18(29)11-8-14(27-7-3-2-4-15(27)28)12(9-13(11)21)20(22,23)24/h8-10,30H,2-7H2,1H3. The Bertz CT molecular complexity index is 1040. The minimum Gasteiger partial charge on any atom is -0.493 e. The van der Waals surface area contributed by atoms with Gasteiger partial charge in [-0.25, -0.2) is 4.68 Å². The van der Waals surface area contributed by atoms with Gasteiger partial charge in [0.15, 0.2) is 0 Å². The zero-order valence-electron chi connectivity index (χ0n) is 16.1. The van der Waals surface area contributed by atoms with Crippen molar-refractivity contribution >= 4 is 29.0 Å². The van der Waals surface area contributed by atoms with E-state index in [0.717, 1.165) is 28.5 Å². The van der Waals surface area contributed by atoms with Crippen LogP contribution in [0.15, 0.2) is 12.1 Å². The van der Waals surface area contributed by atoms with E-state index in [1.54, 1.807) is 0 Å². The number of nitrogens with zero attached hydrogens (tertiary/aromatic N) is 3. The van der Waals surface area contributed by atoms with E-state index >= 15 is 0 Å². The second kappa shape index (κ2) is 7.30. The number of aryl methyl sites for hydroxylation is 1. The van der Waals surface area contributed by atoms with Gasteiger partial charge in [-0.3, -0.25) is 9.59 Å². The molecule has 6 nitrogen and oxygen atoms in total. The Kier molecular flexibility index (Phi) is 5.04. The summed E-state index contributed by atoms with van der Waals surface area (Å²) in [5, 5.41) is 14.1. The Labute approximate surface area is 175 Å². The SMILES string of the molecule is Cn1nc(C2CC2)c(C(=O)c2cc(N3CCCCC3=O)c(C(F)(F)F)cc2Cl)c1O. The summed E-state index contributed by atoms with van der Waals surface area (Å²) < 4.78 is 42.2. The van der Waals surface area contributed by atoms with Crippen molar-refractivity contribution in [3.05, 3.63) is 39.5 Å². The summed E-state index contributed by atoms with van der Waals surface area (Å²) in [7, 11) is 1.48. The molecule has 1 saturated carbocycles. The van der Waals surface area contributed by atoms with Crippen LogP contribution < -0.4 is 4.90 Å². The molecule has 0 radical (unpaired) electrons. The molecule has 1 aliphatic carbocycles. The van der Waals surface area contributed by atoms with Crippen molar-refractivity contribution in [2.45, 2.75) is 44.2 Å². The van der Waals surface area contributed by atoms with Gasteiger partial charge in [0.25, 0.3) is 0 Å². The maximum Gasteiger partial charge on any atom is 0.418 e. The highest BCUT2D eigenvalue weighted by Crippen LogP contribution is 2.45. The molecule has 160 valence electrons. The maximum atomic E-state index is 13.7. The average Bonchev–Trinajstić information content (AvgIpc) is 3.47. The fourth-order valence-electron chi connectivity index (χ4n) is 3.78. The van der Waals surface area contributed by atoms with E-state index in [2.05, 4.69) is 5.10 Å². The van der Waals surface area contributed by atoms with E-state index in [9.17, 15) is 27.9 Å². The van der Waals surface area contributed by atoms with Gasteiger partial charge in [-0.05, 0) is 37.8 Å². The lowest BCUT2D eigenvalue weighted by atomic mass is 9.97. The van der Waals surface area contributed by atoms with Gasteiger partial charge in [-0.15, -0.1) is 0 Å². The first-order chi connectivity index (χ1) is 14.1. The van der Waals surface area contributed by atoms with Gasteiger partial charge in [-0.1, -0.05) is 11.6 Å². The maximum absolute atomic E-state index is 13.7. The Hall–Kier alpha value is -2.55. The summed E-state index contributed by atoms with van der Waals surface area (Å²) >= 11 is 6.10. The van der Waals surface area contributed by atoms with Crippen molar-refractivity contribution in [3.63, 3.8) is 0 Å². The normalized spacial score (nSPS) is 17.5. The van der Waals surface area contributed by atoms with Gasteiger partial charge in [-0.2, -0.15) is 18.3 Å². The van der Waals surface area contributed by atoms with Crippen LogP contribution in [0.25, 0.3) is 0 Å². The Morgan fingerprint density at radius 3 is 2.57 bits per heavy atom. The zero-order valence-corrected chi connectivity index (χ0v) is 16.8. The molecule has 2 fully saturated rings. The molecule has 0 atom stereocenters. The summed E-state index contributed by atoms with van der Waals surface area (Å²) in [5.74, 6) is -1.50. The largest absolute Gasteiger partial charge is 0.493 e. The fourth-order valence-corrected chi connectivity index (χ4v) is 4.03. The first-order valence-electron chi connectivity index (χ1n) is 9.61. The molecular formula is C20H19ClF3N3O3. The molecule has 2 aliphatic rings. The van der Waals surface area contributed by atoms with Gasteiger partial charge in [0.1, 0.15) is 5.56 Å². The molecule has 30 heavy (non-hydrogen) atoms. The number of anilines is 1. The van der Waals surface area contributed by atoms with E-state index in [-0.39, 0.29) is 35.9 Å². The Balaban J connectivity index is 1.86. The first kappa shape index (κ1) is 20.7. The third kappa shape index (κ3) is 3.55. The highest BCUT2D eigenvalue weighted by atomic mass is 35.5. The van der Waals surface area contributed by atoms with E-state index in [4.69, 9.17) is 11.6 Å². The highest BCUT2D eigenvalue weighted by molar-refractivity contribution is 6.35. The molecule has 4 rings (SSSR count). The molecule has 0 spiro atoms. The smallest absolute Gasteiger partial charge is 0.418 e. The quantitative estimate of drug-likeness (QED) is 0.712. The molecule has 1 aliphatic heterocycles. The molecular weight excluding hydrogens is 423 g/mol. The predicted octanol–water partition coefficient (Wildman–Crippen LogP) is 4.42. The molecule has 0 bridgehead atoms. The zero-order chi connectivity index (χ0) is 21.8. The number of hydrogen-bond donors (Lipinski definition) is 1. The topological polar surface area (TPSA) is 75.4 Å². The van der Waals surface area contributed by atoms with Crippen molar-refractivity contribution < 1.29 is 27.9 Å². The number of amides is 1. The average molecular weight is 442 g/mol. The third-order valence-electron chi connectivity index (χ3n) is 5.48. The number of benzene rings is 1. The molecule has 0 unspecified atom stereocenters. The Morgan fingerprint density at radius 2 is 1.97 bits per heavy atom. The van der Waals surface area contributed by atoms with Crippen molar-refractivity contribution in [1.82, 2.24) is 9.78 Å². The predicted molar refractivity (Wildman–Crippen MR) is 103 cm³/mol. The van der Waals surface area contributed by atoms with E-state index < -0.39 is 34.1 Å². The van der Waals surface area contributed by atoms with Crippen LogP contribution in [0.2, 0.25) is 5.02 Å². The minimum absolute atomic E-state index is 0.0208. The number of ketones is 1. The van der Waals surface area contributed by atoms with Gasteiger partial charge in [0.05, 0.1) is 22.0 Å². The van der Waals surface area contributed by atoms with Crippen LogP contribution >= 0.6 is 11.6 Å². The van der Waals surface area contributed by atoms with Crippen molar-refractivity contribution in [1.29, 1.82) is 0 Å². The van der Waals surface area contributed by atoms with Crippen molar-refractivity contribution in [3.8, 4) is 5.88 Å². The van der Waals surface area contributed by atoms with E-state index in [1.165, 1.54) is 7.05 Å². The summed E-state index contributed by atoms with van der Waals surface area (Å²) in [6.45, 7) is 0.128. The second-order valence-corrected chi connectivity index (χ2v) is 8.07. The number of aromatic hydroxyl groups is 1.